The van der Waals surface area contributed by atoms with E-state index in [1.165, 1.54) is 17.0 Å². The van der Waals surface area contributed by atoms with Gasteiger partial charge in [-0.2, -0.15) is 0 Å². The fourth-order valence-corrected chi connectivity index (χ4v) is 3.96. The first-order valence-corrected chi connectivity index (χ1v) is 10.8. The fourth-order valence-electron chi connectivity index (χ4n) is 3.96. The number of phenols is 1. The first-order valence-electron chi connectivity index (χ1n) is 10.8. The molecule has 0 aromatic heterocycles. The molecule has 1 atom stereocenters. The number of nitrogens with zero attached hydrogens (tertiary/aromatic N) is 1. The van der Waals surface area contributed by atoms with Crippen molar-refractivity contribution in [2.45, 2.75) is 19.5 Å². The number of rotatable bonds is 6. The number of carbonyl (C=O) groups excluding carboxylic acids is 3. The van der Waals surface area contributed by atoms with Crippen molar-refractivity contribution in [2.75, 3.05) is 6.61 Å². The van der Waals surface area contributed by atoms with E-state index in [0.29, 0.717) is 22.3 Å². The van der Waals surface area contributed by atoms with Gasteiger partial charge in [0.2, 0.25) is 0 Å². The number of ether oxygens (including phenoxy) is 1. The van der Waals surface area contributed by atoms with E-state index in [-0.39, 0.29) is 30.2 Å². The van der Waals surface area contributed by atoms with Gasteiger partial charge in [-0.15, -0.1) is 0 Å². The molecule has 1 fully saturated rings. The van der Waals surface area contributed by atoms with E-state index in [2.05, 4.69) is 0 Å². The van der Waals surface area contributed by atoms with Crippen LogP contribution in [0.15, 0.2) is 84.4 Å². The van der Waals surface area contributed by atoms with Gasteiger partial charge >= 0.3 is 5.97 Å². The molecule has 0 bridgehead atoms. The summed E-state index contributed by atoms with van der Waals surface area (Å²) < 4.78 is 5.00. The number of amides is 1. The Labute approximate surface area is 196 Å². The molecule has 7 nitrogen and oxygen atoms in total. The zero-order valence-corrected chi connectivity index (χ0v) is 18.5. The van der Waals surface area contributed by atoms with Gasteiger partial charge in [0.1, 0.15) is 11.5 Å². The van der Waals surface area contributed by atoms with Crippen molar-refractivity contribution in [3.8, 4) is 5.75 Å². The standard InChI is InChI=1S/C27H23NO6/c1-2-34-27(33)20-10-8-17(9-11-20)16-28-23(18-12-14-21(29)15-13-18)22(25(31)26(28)32)24(30)19-6-4-3-5-7-19/h3-15,23,29-30H,2,16H2,1H3/b24-22+. The van der Waals surface area contributed by atoms with Crippen LogP contribution in [0, 0.1) is 0 Å². The minimum absolute atomic E-state index is 0.0231. The van der Waals surface area contributed by atoms with Crippen LogP contribution in [0.2, 0.25) is 0 Å². The highest BCUT2D eigenvalue weighted by atomic mass is 16.5. The number of carbonyl (C=O) groups is 3. The van der Waals surface area contributed by atoms with Gasteiger partial charge in [0.15, 0.2) is 0 Å². The first kappa shape index (κ1) is 22.8. The average molecular weight is 457 g/mol. The highest BCUT2D eigenvalue weighted by Crippen LogP contribution is 2.40. The maximum Gasteiger partial charge on any atom is 0.338 e. The number of hydrogen-bond donors (Lipinski definition) is 2. The van der Waals surface area contributed by atoms with E-state index in [0.717, 1.165) is 0 Å². The van der Waals surface area contributed by atoms with Crippen LogP contribution in [0.25, 0.3) is 5.76 Å². The van der Waals surface area contributed by atoms with Crippen molar-refractivity contribution in [2.24, 2.45) is 0 Å². The number of hydrogen-bond acceptors (Lipinski definition) is 6. The second-order valence-electron chi connectivity index (χ2n) is 7.80. The molecular formula is C27H23NO6. The molecule has 1 amide bonds. The average Bonchev–Trinajstić information content (AvgIpc) is 3.10. The lowest BCUT2D eigenvalue weighted by Crippen LogP contribution is -2.29. The summed E-state index contributed by atoms with van der Waals surface area (Å²) in [5.74, 6) is -2.20. The monoisotopic (exact) mass is 457 g/mol. The normalized spacial score (nSPS) is 17.1. The van der Waals surface area contributed by atoms with Crippen molar-refractivity contribution in [1.82, 2.24) is 4.90 Å². The lowest BCUT2D eigenvalue weighted by Gasteiger charge is -2.25. The largest absolute Gasteiger partial charge is 0.508 e. The second kappa shape index (κ2) is 9.62. The highest BCUT2D eigenvalue weighted by molar-refractivity contribution is 6.46. The van der Waals surface area contributed by atoms with Crippen molar-refractivity contribution in [3.63, 3.8) is 0 Å². The molecular weight excluding hydrogens is 434 g/mol. The van der Waals surface area contributed by atoms with E-state index in [4.69, 9.17) is 4.74 Å². The minimum atomic E-state index is -0.856. The third kappa shape index (κ3) is 4.41. The summed E-state index contributed by atoms with van der Waals surface area (Å²) in [5.41, 5.74) is 2.04. The van der Waals surface area contributed by atoms with Crippen LogP contribution >= 0.6 is 0 Å². The number of likely N-dealkylation sites (tertiary alicyclic amines) is 1. The third-order valence-corrected chi connectivity index (χ3v) is 5.61. The molecule has 3 aromatic rings. The zero-order chi connectivity index (χ0) is 24.2. The topological polar surface area (TPSA) is 104 Å². The molecule has 0 aliphatic carbocycles. The molecule has 172 valence electrons. The number of aromatic hydroxyl groups is 1. The van der Waals surface area contributed by atoms with Crippen LogP contribution in [0.1, 0.15) is 40.0 Å². The van der Waals surface area contributed by atoms with Gasteiger partial charge in [0.25, 0.3) is 11.7 Å². The summed E-state index contributed by atoms with van der Waals surface area (Å²) >= 11 is 0. The van der Waals surface area contributed by atoms with E-state index in [1.54, 1.807) is 73.7 Å². The molecule has 1 aliphatic rings. The number of benzene rings is 3. The van der Waals surface area contributed by atoms with E-state index in [9.17, 15) is 24.6 Å². The van der Waals surface area contributed by atoms with Crippen LogP contribution < -0.4 is 0 Å². The van der Waals surface area contributed by atoms with E-state index < -0.39 is 23.7 Å². The molecule has 0 spiro atoms. The zero-order valence-electron chi connectivity index (χ0n) is 18.5. The predicted molar refractivity (Wildman–Crippen MR) is 125 cm³/mol. The molecule has 7 heteroatoms. The second-order valence-corrected chi connectivity index (χ2v) is 7.80. The molecule has 4 rings (SSSR count). The first-order chi connectivity index (χ1) is 16.4. The quantitative estimate of drug-likeness (QED) is 0.249. The molecule has 1 heterocycles. The fraction of sp³-hybridized carbons (Fsp3) is 0.148. The van der Waals surface area contributed by atoms with E-state index >= 15 is 0 Å². The molecule has 0 radical (unpaired) electrons. The smallest absolute Gasteiger partial charge is 0.338 e. The highest BCUT2D eigenvalue weighted by Gasteiger charge is 2.46. The van der Waals surface area contributed by atoms with Crippen LogP contribution in [0.4, 0.5) is 0 Å². The van der Waals surface area contributed by atoms with Gasteiger partial charge in [0.05, 0.1) is 23.8 Å². The summed E-state index contributed by atoms with van der Waals surface area (Å²) in [7, 11) is 0. The van der Waals surface area contributed by atoms with Crippen LogP contribution in [-0.4, -0.2) is 39.4 Å². The summed E-state index contributed by atoms with van der Waals surface area (Å²) in [6.45, 7) is 2.06. The summed E-state index contributed by atoms with van der Waals surface area (Å²) in [6, 6.07) is 20.4. The Kier molecular flexibility index (Phi) is 6.45. The Morgan fingerprint density at radius 1 is 0.912 bits per heavy atom. The Morgan fingerprint density at radius 2 is 1.56 bits per heavy atom. The number of aliphatic hydroxyl groups is 1. The summed E-state index contributed by atoms with van der Waals surface area (Å²) in [6.07, 6.45) is 0. The van der Waals surface area contributed by atoms with Gasteiger partial charge in [-0.05, 0) is 42.3 Å². The van der Waals surface area contributed by atoms with Crippen molar-refractivity contribution >= 4 is 23.4 Å². The number of Topliss-reactive ketones (excluding diaryl/α,β-unsaturated/α-hetero) is 1. The van der Waals surface area contributed by atoms with Crippen molar-refractivity contribution in [3.05, 3.63) is 107 Å². The molecule has 1 unspecified atom stereocenters. The van der Waals surface area contributed by atoms with Gasteiger partial charge < -0.3 is 19.8 Å². The lowest BCUT2D eigenvalue weighted by molar-refractivity contribution is -0.140. The molecule has 0 saturated carbocycles. The van der Waals surface area contributed by atoms with E-state index in [1.807, 2.05) is 0 Å². The lowest BCUT2D eigenvalue weighted by atomic mass is 9.95. The van der Waals surface area contributed by atoms with Gasteiger partial charge in [0, 0.05) is 12.1 Å². The Hall–Kier alpha value is -4.39. The predicted octanol–water partition coefficient (Wildman–Crippen LogP) is 4.19. The molecule has 34 heavy (non-hydrogen) atoms. The molecule has 1 saturated heterocycles. The SMILES string of the molecule is CCOC(=O)c1ccc(CN2C(=O)C(=O)/C(=C(/O)c3ccccc3)C2c2ccc(O)cc2)cc1. The van der Waals surface area contributed by atoms with Crippen LogP contribution in [0.5, 0.6) is 5.75 Å². The van der Waals surface area contributed by atoms with Crippen LogP contribution in [0.3, 0.4) is 0 Å². The van der Waals surface area contributed by atoms with Crippen molar-refractivity contribution < 1.29 is 29.3 Å². The van der Waals surface area contributed by atoms with Gasteiger partial charge in [-0.1, -0.05) is 54.6 Å². The van der Waals surface area contributed by atoms with Gasteiger partial charge in [-0.3, -0.25) is 9.59 Å². The maximum absolute atomic E-state index is 13.1. The molecule has 2 N–H and O–H groups in total. The summed E-state index contributed by atoms with van der Waals surface area (Å²) in [5, 5.41) is 20.7. The third-order valence-electron chi connectivity index (χ3n) is 5.61. The Bertz CT molecular complexity index is 1250. The number of phenolic OH excluding ortho intramolecular Hbond substituents is 1. The minimum Gasteiger partial charge on any atom is -0.508 e. The molecule has 1 aliphatic heterocycles. The summed E-state index contributed by atoms with van der Waals surface area (Å²) in [4.78, 5) is 39.4. The number of esters is 1. The number of aliphatic hydroxyl groups excluding tert-OH is 1. The maximum atomic E-state index is 13.1. The van der Waals surface area contributed by atoms with Crippen molar-refractivity contribution in [1.29, 1.82) is 0 Å². The Morgan fingerprint density at radius 3 is 2.18 bits per heavy atom. The van der Waals surface area contributed by atoms with Crippen LogP contribution in [-0.2, 0) is 20.9 Å². The molecule has 3 aromatic carbocycles. The van der Waals surface area contributed by atoms with Gasteiger partial charge in [-0.25, -0.2) is 4.79 Å². The Balaban J connectivity index is 1.75. The number of ketones is 1.